The molecule has 0 spiro atoms. The number of hydrogen-bond donors (Lipinski definition) is 0. The molecule has 0 aliphatic carbocycles. The van der Waals surface area contributed by atoms with Gasteiger partial charge in [-0.15, -0.1) is 0 Å². The lowest BCUT2D eigenvalue weighted by atomic mass is 9.93. The molecule has 1 fully saturated rings. The minimum atomic E-state index is 0.591. The minimum absolute atomic E-state index is 0.591. The van der Waals surface area contributed by atoms with E-state index >= 15 is 0 Å². The van der Waals surface area contributed by atoms with Crippen molar-refractivity contribution in [2.75, 3.05) is 19.6 Å². The lowest BCUT2D eigenvalue weighted by Crippen LogP contribution is -2.24. The number of rotatable bonds is 3. The van der Waals surface area contributed by atoms with Crippen LogP contribution in [0.5, 0.6) is 0 Å². The van der Waals surface area contributed by atoms with E-state index in [1.54, 1.807) is 0 Å². The number of hydrogen-bond acceptors (Lipinski definition) is 1. The van der Waals surface area contributed by atoms with E-state index in [9.17, 15) is 0 Å². The van der Waals surface area contributed by atoms with Crippen molar-refractivity contribution in [2.45, 2.75) is 40.0 Å². The molecule has 0 aromatic carbocycles. The van der Waals surface area contributed by atoms with Crippen LogP contribution >= 0.6 is 0 Å². The van der Waals surface area contributed by atoms with Crippen LogP contribution < -0.4 is 0 Å². The van der Waals surface area contributed by atoms with E-state index in [0.717, 1.165) is 0 Å². The monoisotopic (exact) mass is 155 g/mol. The van der Waals surface area contributed by atoms with Gasteiger partial charge in [0.1, 0.15) is 0 Å². The average Bonchev–Trinajstić information content (AvgIpc) is 2.26. The third kappa shape index (κ3) is 2.82. The predicted octanol–water partition coefficient (Wildman–Crippen LogP) is 2.52. The third-order valence-electron chi connectivity index (χ3n) is 2.58. The highest BCUT2D eigenvalue weighted by atomic mass is 15.1. The summed E-state index contributed by atoms with van der Waals surface area (Å²) in [6.45, 7) is 11.0. The molecule has 0 N–H and O–H groups in total. The lowest BCUT2D eigenvalue weighted by molar-refractivity contribution is 0.287. The quantitative estimate of drug-likeness (QED) is 0.605. The van der Waals surface area contributed by atoms with Gasteiger partial charge in [-0.2, -0.15) is 0 Å². The van der Waals surface area contributed by atoms with Crippen molar-refractivity contribution in [3.63, 3.8) is 0 Å². The Labute approximate surface area is 70.8 Å². The first-order valence-corrected chi connectivity index (χ1v) is 4.86. The molecule has 1 heterocycles. The second-order valence-corrected chi connectivity index (χ2v) is 4.54. The fourth-order valence-corrected chi connectivity index (χ4v) is 1.80. The second kappa shape index (κ2) is 3.57. The molecule has 11 heavy (non-hydrogen) atoms. The topological polar surface area (TPSA) is 3.24 Å². The third-order valence-corrected chi connectivity index (χ3v) is 2.58. The maximum absolute atomic E-state index is 2.60. The molecule has 0 saturated carbocycles. The Hall–Kier alpha value is -0.0400. The van der Waals surface area contributed by atoms with Crippen molar-refractivity contribution in [1.82, 2.24) is 4.90 Å². The van der Waals surface area contributed by atoms with Gasteiger partial charge in [-0.05, 0) is 31.3 Å². The van der Waals surface area contributed by atoms with Crippen LogP contribution in [0.2, 0.25) is 0 Å². The van der Waals surface area contributed by atoms with Crippen molar-refractivity contribution in [2.24, 2.45) is 5.41 Å². The SMILES string of the molecule is CCCCN1CCC(C)(C)C1. The molecular weight excluding hydrogens is 134 g/mol. The Bertz CT molecular complexity index is 118. The molecule has 1 nitrogen and oxygen atoms in total. The van der Waals surface area contributed by atoms with Gasteiger partial charge in [0, 0.05) is 6.54 Å². The van der Waals surface area contributed by atoms with Gasteiger partial charge in [-0.3, -0.25) is 0 Å². The Morgan fingerprint density at radius 2 is 2.09 bits per heavy atom. The zero-order valence-electron chi connectivity index (χ0n) is 8.19. The molecule has 66 valence electrons. The van der Waals surface area contributed by atoms with Gasteiger partial charge in [-0.1, -0.05) is 27.2 Å². The zero-order valence-corrected chi connectivity index (χ0v) is 8.19. The van der Waals surface area contributed by atoms with Gasteiger partial charge in [0.2, 0.25) is 0 Å². The Balaban J connectivity index is 2.20. The first-order valence-electron chi connectivity index (χ1n) is 4.86. The average molecular weight is 155 g/mol. The van der Waals surface area contributed by atoms with Crippen molar-refractivity contribution >= 4 is 0 Å². The molecule has 0 aromatic rings. The van der Waals surface area contributed by atoms with Gasteiger partial charge < -0.3 is 4.90 Å². The highest BCUT2D eigenvalue weighted by Gasteiger charge is 2.28. The molecule has 0 aromatic heterocycles. The summed E-state index contributed by atoms with van der Waals surface area (Å²) in [5.74, 6) is 0. The van der Waals surface area contributed by atoms with E-state index in [2.05, 4.69) is 25.7 Å². The van der Waals surface area contributed by atoms with Gasteiger partial charge in [0.15, 0.2) is 0 Å². The van der Waals surface area contributed by atoms with Gasteiger partial charge >= 0.3 is 0 Å². The van der Waals surface area contributed by atoms with Gasteiger partial charge in [0.25, 0.3) is 0 Å². The van der Waals surface area contributed by atoms with Crippen molar-refractivity contribution < 1.29 is 0 Å². The van der Waals surface area contributed by atoms with Crippen LogP contribution in [0.15, 0.2) is 0 Å². The van der Waals surface area contributed by atoms with E-state index in [1.165, 1.54) is 38.9 Å². The normalized spacial score (nSPS) is 24.3. The molecule has 0 atom stereocenters. The predicted molar refractivity (Wildman–Crippen MR) is 49.7 cm³/mol. The van der Waals surface area contributed by atoms with E-state index in [-0.39, 0.29) is 0 Å². The van der Waals surface area contributed by atoms with Crippen LogP contribution in [0.3, 0.4) is 0 Å². The molecule has 0 radical (unpaired) electrons. The Morgan fingerprint density at radius 1 is 1.36 bits per heavy atom. The largest absolute Gasteiger partial charge is 0.303 e. The lowest BCUT2D eigenvalue weighted by Gasteiger charge is -2.19. The van der Waals surface area contributed by atoms with E-state index < -0.39 is 0 Å². The highest BCUT2D eigenvalue weighted by Crippen LogP contribution is 2.28. The van der Waals surface area contributed by atoms with Crippen LogP contribution in [-0.2, 0) is 0 Å². The minimum Gasteiger partial charge on any atom is -0.303 e. The summed E-state index contributed by atoms with van der Waals surface area (Å²) < 4.78 is 0. The van der Waals surface area contributed by atoms with Crippen LogP contribution in [0.25, 0.3) is 0 Å². The first kappa shape index (κ1) is 9.05. The van der Waals surface area contributed by atoms with Gasteiger partial charge in [-0.25, -0.2) is 0 Å². The maximum atomic E-state index is 2.60. The molecule has 0 bridgehead atoms. The molecule has 1 saturated heterocycles. The standard InChI is InChI=1S/C10H21N/c1-4-5-7-11-8-6-10(2,3)9-11/h4-9H2,1-3H3. The van der Waals surface area contributed by atoms with Crippen LogP contribution in [0, 0.1) is 5.41 Å². The Kier molecular flexibility index (Phi) is 2.94. The molecule has 0 amide bonds. The number of likely N-dealkylation sites (tertiary alicyclic amines) is 1. The molecule has 1 aliphatic rings. The maximum Gasteiger partial charge on any atom is 0.00332 e. The van der Waals surface area contributed by atoms with Crippen molar-refractivity contribution in [1.29, 1.82) is 0 Å². The fourth-order valence-electron chi connectivity index (χ4n) is 1.80. The second-order valence-electron chi connectivity index (χ2n) is 4.54. The first-order chi connectivity index (χ1) is 5.14. The summed E-state index contributed by atoms with van der Waals surface area (Å²) in [4.78, 5) is 2.60. The van der Waals surface area contributed by atoms with Gasteiger partial charge in [0.05, 0.1) is 0 Å². The molecule has 1 heteroatoms. The van der Waals surface area contributed by atoms with Crippen LogP contribution in [-0.4, -0.2) is 24.5 Å². The van der Waals surface area contributed by atoms with Crippen LogP contribution in [0.1, 0.15) is 40.0 Å². The van der Waals surface area contributed by atoms with Crippen molar-refractivity contribution in [3.8, 4) is 0 Å². The van der Waals surface area contributed by atoms with E-state index in [1.807, 2.05) is 0 Å². The summed E-state index contributed by atoms with van der Waals surface area (Å²) in [6.07, 6.45) is 4.09. The summed E-state index contributed by atoms with van der Waals surface area (Å²) >= 11 is 0. The summed E-state index contributed by atoms with van der Waals surface area (Å²) in [5.41, 5.74) is 0.591. The highest BCUT2D eigenvalue weighted by molar-refractivity contribution is 4.81. The summed E-state index contributed by atoms with van der Waals surface area (Å²) in [5, 5.41) is 0. The number of unbranched alkanes of at least 4 members (excludes halogenated alkanes) is 1. The van der Waals surface area contributed by atoms with E-state index in [0.29, 0.717) is 5.41 Å². The zero-order chi connectivity index (χ0) is 8.32. The fraction of sp³-hybridized carbons (Fsp3) is 1.00. The Morgan fingerprint density at radius 3 is 2.55 bits per heavy atom. The molecular formula is C10H21N. The molecule has 1 rings (SSSR count). The van der Waals surface area contributed by atoms with E-state index in [4.69, 9.17) is 0 Å². The molecule has 0 unspecified atom stereocenters. The summed E-state index contributed by atoms with van der Waals surface area (Å²) in [6, 6.07) is 0. The number of nitrogens with zero attached hydrogens (tertiary/aromatic N) is 1. The van der Waals surface area contributed by atoms with Crippen molar-refractivity contribution in [3.05, 3.63) is 0 Å². The summed E-state index contributed by atoms with van der Waals surface area (Å²) in [7, 11) is 0. The molecule has 1 aliphatic heterocycles. The van der Waals surface area contributed by atoms with Crippen LogP contribution in [0.4, 0.5) is 0 Å². The smallest absolute Gasteiger partial charge is 0.00332 e.